The highest BCUT2D eigenvalue weighted by Gasteiger charge is 2.03. The Kier molecular flexibility index (Phi) is 2.09. The molecule has 0 saturated heterocycles. The number of nitrogens with two attached hydrogens (primary N) is 1. The molecule has 0 aliphatic carbocycles. The lowest BCUT2D eigenvalue weighted by atomic mass is 10.4. The number of hydrogen-bond acceptors (Lipinski definition) is 4. The number of hydrogen-bond donors (Lipinski definition) is 1. The second-order valence-electron chi connectivity index (χ2n) is 2.80. The Morgan fingerprint density at radius 1 is 1.43 bits per heavy atom. The van der Waals surface area contributed by atoms with E-state index in [1.165, 1.54) is 11.0 Å². The molecule has 0 bridgehead atoms. The van der Waals surface area contributed by atoms with Crippen molar-refractivity contribution in [1.82, 2.24) is 20.0 Å². The summed E-state index contributed by atoms with van der Waals surface area (Å²) >= 11 is 5.84. The van der Waals surface area contributed by atoms with Crippen LogP contribution in [0.5, 0.6) is 0 Å². The Labute approximate surface area is 85.5 Å². The summed E-state index contributed by atoms with van der Waals surface area (Å²) in [4.78, 5) is 5.57. The van der Waals surface area contributed by atoms with E-state index < -0.39 is 0 Å². The van der Waals surface area contributed by atoms with Gasteiger partial charge in [-0.1, -0.05) is 11.6 Å². The highest BCUT2D eigenvalue weighted by atomic mass is 35.5. The zero-order chi connectivity index (χ0) is 10.1. The summed E-state index contributed by atoms with van der Waals surface area (Å²) in [6.07, 6.45) is 1.46. The minimum Gasteiger partial charge on any atom is -0.381 e. The smallest absolute Gasteiger partial charge is 0.174 e. The molecule has 6 heteroatoms. The van der Waals surface area contributed by atoms with Gasteiger partial charge in [0.2, 0.25) is 0 Å². The van der Waals surface area contributed by atoms with Crippen molar-refractivity contribution in [2.75, 3.05) is 5.73 Å². The largest absolute Gasteiger partial charge is 0.381 e. The van der Waals surface area contributed by atoms with E-state index in [2.05, 4.69) is 15.2 Å². The molecule has 0 amide bonds. The zero-order valence-corrected chi connectivity index (χ0v) is 8.23. The van der Waals surface area contributed by atoms with E-state index in [0.29, 0.717) is 16.7 Å². The number of pyridine rings is 1. The normalized spacial score (nSPS) is 10.4. The summed E-state index contributed by atoms with van der Waals surface area (Å²) < 4.78 is 0. The molecule has 0 spiro atoms. The van der Waals surface area contributed by atoms with Gasteiger partial charge >= 0.3 is 0 Å². The Morgan fingerprint density at radius 2 is 2.21 bits per heavy atom. The Morgan fingerprint density at radius 3 is 2.79 bits per heavy atom. The molecule has 2 heterocycles. The van der Waals surface area contributed by atoms with Crippen molar-refractivity contribution < 1.29 is 0 Å². The van der Waals surface area contributed by atoms with Crippen LogP contribution in [0.1, 0.15) is 5.69 Å². The van der Waals surface area contributed by atoms with Crippen LogP contribution in [0.4, 0.5) is 5.82 Å². The highest BCUT2D eigenvalue weighted by Crippen LogP contribution is 2.14. The van der Waals surface area contributed by atoms with Gasteiger partial charge in [0.25, 0.3) is 0 Å². The quantitative estimate of drug-likeness (QED) is 0.767. The van der Waals surface area contributed by atoms with Crippen LogP contribution in [0.2, 0.25) is 5.02 Å². The third-order valence-corrected chi connectivity index (χ3v) is 2.12. The van der Waals surface area contributed by atoms with Gasteiger partial charge in [-0.3, -0.25) is 0 Å². The molecule has 0 fully saturated rings. The lowest BCUT2D eigenvalue weighted by Crippen LogP contribution is -2.03. The average molecular weight is 210 g/mol. The third-order valence-electron chi connectivity index (χ3n) is 1.72. The number of anilines is 1. The van der Waals surface area contributed by atoms with Gasteiger partial charge in [0, 0.05) is 0 Å². The second-order valence-corrected chi connectivity index (χ2v) is 3.20. The van der Waals surface area contributed by atoms with Crippen LogP contribution in [0, 0.1) is 6.92 Å². The first-order chi connectivity index (χ1) is 6.66. The molecule has 5 nitrogen and oxygen atoms in total. The number of aryl methyl sites for hydroxylation is 1. The van der Waals surface area contributed by atoms with Crippen LogP contribution in [0.25, 0.3) is 5.82 Å². The minimum absolute atomic E-state index is 0.361. The summed E-state index contributed by atoms with van der Waals surface area (Å²) in [5.41, 5.74) is 6.17. The Bertz CT molecular complexity index is 465. The van der Waals surface area contributed by atoms with E-state index in [9.17, 15) is 0 Å². The molecule has 0 unspecified atom stereocenters. The first-order valence-corrected chi connectivity index (χ1v) is 4.36. The molecule has 0 saturated carbocycles. The monoisotopic (exact) mass is 209 g/mol. The van der Waals surface area contributed by atoms with E-state index >= 15 is 0 Å². The van der Waals surface area contributed by atoms with Gasteiger partial charge in [-0.05, 0) is 19.1 Å². The van der Waals surface area contributed by atoms with E-state index in [1.807, 2.05) is 6.92 Å². The van der Waals surface area contributed by atoms with Gasteiger partial charge in [-0.15, -0.1) is 9.90 Å². The molecule has 0 atom stereocenters. The maximum absolute atomic E-state index is 5.84. The van der Waals surface area contributed by atoms with Crippen LogP contribution in [0.3, 0.4) is 0 Å². The Hall–Kier alpha value is -1.62. The van der Waals surface area contributed by atoms with Crippen molar-refractivity contribution >= 4 is 17.4 Å². The van der Waals surface area contributed by atoms with E-state index in [-0.39, 0.29) is 0 Å². The fourth-order valence-corrected chi connectivity index (χ4v) is 1.13. The van der Waals surface area contributed by atoms with Gasteiger partial charge in [-0.2, -0.15) is 5.10 Å². The standard InChI is InChI=1S/C8H8ClN5/c1-5-6(9)2-3-8(12-5)14-11-4-7(10)13-14/h2-4H,1H3,(H2,10,13). The molecular weight excluding hydrogens is 202 g/mol. The molecule has 0 aliphatic heterocycles. The minimum atomic E-state index is 0.361. The maximum Gasteiger partial charge on any atom is 0.174 e. The number of aromatic nitrogens is 4. The molecule has 72 valence electrons. The Balaban J connectivity index is 2.47. The zero-order valence-electron chi connectivity index (χ0n) is 7.48. The number of nitrogens with zero attached hydrogens (tertiary/aromatic N) is 4. The topological polar surface area (TPSA) is 69.6 Å². The predicted octanol–water partition coefficient (Wildman–Crippen LogP) is 1.21. The lowest BCUT2D eigenvalue weighted by molar-refractivity contribution is 0.728. The molecule has 0 radical (unpaired) electrons. The van der Waals surface area contributed by atoms with Crippen molar-refractivity contribution in [1.29, 1.82) is 0 Å². The second kappa shape index (κ2) is 3.26. The molecule has 0 aromatic carbocycles. The fraction of sp³-hybridized carbons (Fsp3) is 0.125. The van der Waals surface area contributed by atoms with Gasteiger partial charge in [0.15, 0.2) is 11.6 Å². The fourth-order valence-electron chi connectivity index (χ4n) is 1.03. The first-order valence-electron chi connectivity index (χ1n) is 3.98. The molecule has 2 aromatic heterocycles. The van der Waals surface area contributed by atoms with Crippen molar-refractivity contribution in [2.24, 2.45) is 0 Å². The summed E-state index contributed by atoms with van der Waals surface area (Å²) in [5, 5.41) is 8.48. The third kappa shape index (κ3) is 1.54. The number of nitrogen functional groups attached to an aromatic ring is 1. The molecule has 0 aliphatic rings. The first kappa shape index (κ1) is 8.96. The molecule has 2 rings (SSSR count). The SMILES string of the molecule is Cc1nc(-n2ncc(N)n2)ccc1Cl. The molecular formula is C8H8ClN5. The van der Waals surface area contributed by atoms with E-state index in [0.717, 1.165) is 5.69 Å². The molecule has 2 N–H and O–H groups in total. The summed E-state index contributed by atoms with van der Waals surface area (Å²) in [7, 11) is 0. The van der Waals surface area contributed by atoms with Crippen LogP contribution >= 0.6 is 11.6 Å². The highest BCUT2D eigenvalue weighted by molar-refractivity contribution is 6.31. The van der Waals surface area contributed by atoms with Crippen molar-refractivity contribution in [2.45, 2.75) is 6.92 Å². The van der Waals surface area contributed by atoms with E-state index in [1.54, 1.807) is 12.1 Å². The van der Waals surface area contributed by atoms with Crippen molar-refractivity contribution in [3.8, 4) is 5.82 Å². The summed E-state index contributed by atoms with van der Waals surface area (Å²) in [5.74, 6) is 0.961. The summed E-state index contributed by atoms with van der Waals surface area (Å²) in [6, 6.07) is 3.48. The van der Waals surface area contributed by atoms with Crippen molar-refractivity contribution in [3.05, 3.63) is 29.0 Å². The van der Waals surface area contributed by atoms with Gasteiger partial charge < -0.3 is 5.73 Å². The predicted molar refractivity (Wildman–Crippen MR) is 53.3 cm³/mol. The number of halogens is 1. The van der Waals surface area contributed by atoms with Gasteiger partial charge in [0.05, 0.1) is 16.9 Å². The van der Waals surface area contributed by atoms with Crippen LogP contribution < -0.4 is 5.73 Å². The maximum atomic E-state index is 5.84. The van der Waals surface area contributed by atoms with Gasteiger partial charge in [-0.25, -0.2) is 4.98 Å². The molecule has 2 aromatic rings. The van der Waals surface area contributed by atoms with Crippen molar-refractivity contribution in [3.63, 3.8) is 0 Å². The van der Waals surface area contributed by atoms with Gasteiger partial charge in [0.1, 0.15) is 0 Å². The molecule has 14 heavy (non-hydrogen) atoms. The lowest BCUT2D eigenvalue weighted by Gasteiger charge is -2.00. The number of rotatable bonds is 1. The van der Waals surface area contributed by atoms with E-state index in [4.69, 9.17) is 17.3 Å². The van der Waals surface area contributed by atoms with Crippen LogP contribution in [0.15, 0.2) is 18.3 Å². The van der Waals surface area contributed by atoms with Crippen LogP contribution in [-0.4, -0.2) is 20.0 Å². The van der Waals surface area contributed by atoms with Crippen LogP contribution in [-0.2, 0) is 0 Å². The summed E-state index contributed by atoms with van der Waals surface area (Å²) in [6.45, 7) is 1.82. The average Bonchev–Trinajstić information content (AvgIpc) is 2.57.